The average Bonchev–Trinajstić information content (AvgIpc) is 3.33. The average molecular weight is 592 g/mol. The number of nitrogens with zero attached hydrogens (tertiary/aromatic N) is 1. The fourth-order valence-corrected chi connectivity index (χ4v) is 6.67. The summed E-state index contributed by atoms with van der Waals surface area (Å²) < 4.78 is 35.9. The van der Waals surface area contributed by atoms with Gasteiger partial charge in [-0.05, 0) is 63.5 Å². The van der Waals surface area contributed by atoms with Crippen molar-refractivity contribution in [2.45, 2.75) is 88.4 Å². The monoisotopic (exact) mass is 591 g/mol. The maximum atomic E-state index is 11.9. The number of benzene rings is 2. The predicted molar refractivity (Wildman–Crippen MR) is 168 cm³/mol. The molecule has 1 atom stereocenters. The van der Waals surface area contributed by atoms with Gasteiger partial charge in [-0.2, -0.15) is 13.0 Å². The third-order valence-corrected chi connectivity index (χ3v) is 9.44. The number of aliphatic carboxylic acids is 1. The molecule has 2 heterocycles. The molecule has 2 aromatic carbocycles. The summed E-state index contributed by atoms with van der Waals surface area (Å²) in [6, 6.07) is 13.3. The highest BCUT2D eigenvalue weighted by atomic mass is 32.2. The Hall–Kier alpha value is -3.49. The van der Waals surface area contributed by atoms with Crippen molar-refractivity contribution < 1.29 is 27.4 Å². The SMILES string of the molecule is CCCC[N+]1=C(/C=C/C=C/C=C2/Nc3ccc(S(=O)(=O)O)cc3C2(C)CCCCCC(=O)O)C(C)(C)c2ccccc21. The number of carbonyl (C=O) groups is 1. The Morgan fingerprint density at radius 3 is 2.45 bits per heavy atom. The second-order valence-electron chi connectivity index (χ2n) is 12.0. The number of carboxylic acid groups (broad SMARTS) is 1. The normalized spacial score (nSPS) is 20.5. The third kappa shape index (κ3) is 6.60. The van der Waals surface area contributed by atoms with Gasteiger partial charge in [0.15, 0.2) is 5.71 Å². The molecule has 0 spiro atoms. The van der Waals surface area contributed by atoms with Gasteiger partial charge in [-0.25, -0.2) is 0 Å². The number of hydrogen-bond donors (Lipinski definition) is 3. The predicted octanol–water partition coefficient (Wildman–Crippen LogP) is 7.52. The highest BCUT2D eigenvalue weighted by molar-refractivity contribution is 7.85. The lowest BCUT2D eigenvalue weighted by Crippen LogP contribution is -2.27. The molecule has 0 aromatic heterocycles. The van der Waals surface area contributed by atoms with E-state index in [-0.39, 0.29) is 16.7 Å². The van der Waals surface area contributed by atoms with Crippen LogP contribution in [0.4, 0.5) is 11.4 Å². The van der Waals surface area contributed by atoms with Gasteiger partial charge in [0.05, 0.1) is 10.3 Å². The fraction of sp³-hybridized carbons (Fsp3) is 0.412. The summed E-state index contributed by atoms with van der Waals surface area (Å²) in [6.07, 6.45) is 15.5. The molecule has 0 saturated carbocycles. The number of nitrogens with one attached hydrogen (secondary N) is 1. The topological polar surface area (TPSA) is 107 Å². The molecule has 42 heavy (non-hydrogen) atoms. The molecule has 0 fully saturated rings. The molecule has 0 radical (unpaired) electrons. The zero-order valence-electron chi connectivity index (χ0n) is 25.1. The van der Waals surface area contributed by atoms with Crippen LogP contribution in [0.2, 0.25) is 0 Å². The molecule has 1 unspecified atom stereocenters. The Bertz CT molecular complexity index is 1570. The van der Waals surface area contributed by atoms with E-state index in [0.29, 0.717) is 12.8 Å². The zero-order chi connectivity index (χ0) is 30.5. The van der Waals surface area contributed by atoms with E-state index >= 15 is 0 Å². The summed E-state index contributed by atoms with van der Waals surface area (Å²) >= 11 is 0. The van der Waals surface area contributed by atoms with E-state index in [4.69, 9.17) is 5.11 Å². The molecule has 0 bridgehead atoms. The van der Waals surface area contributed by atoms with Crippen LogP contribution in [0.1, 0.15) is 83.8 Å². The van der Waals surface area contributed by atoms with Gasteiger partial charge >= 0.3 is 5.97 Å². The van der Waals surface area contributed by atoms with Crippen LogP contribution >= 0.6 is 0 Å². The van der Waals surface area contributed by atoms with Crippen molar-refractivity contribution in [1.29, 1.82) is 0 Å². The summed E-state index contributed by atoms with van der Waals surface area (Å²) in [7, 11) is -4.35. The van der Waals surface area contributed by atoms with Crippen LogP contribution in [0.3, 0.4) is 0 Å². The lowest BCUT2D eigenvalue weighted by Gasteiger charge is -2.26. The van der Waals surface area contributed by atoms with E-state index < -0.39 is 21.5 Å². The number of para-hydroxylation sites is 1. The smallest absolute Gasteiger partial charge is 0.303 e. The first-order valence-electron chi connectivity index (χ1n) is 14.8. The zero-order valence-corrected chi connectivity index (χ0v) is 25.9. The van der Waals surface area contributed by atoms with Gasteiger partial charge in [0.2, 0.25) is 5.69 Å². The van der Waals surface area contributed by atoms with Gasteiger partial charge < -0.3 is 10.4 Å². The van der Waals surface area contributed by atoms with Crippen molar-refractivity contribution in [3.8, 4) is 0 Å². The summed E-state index contributed by atoms with van der Waals surface area (Å²) in [5.41, 5.74) is 5.79. The standard InChI is InChI=1S/C34H42N2O5S/c1-5-6-23-36-29-16-13-12-15-26(29)33(2,3)31(36)18-10-7-9-17-30-34(4,22-14-8-11-19-32(37)38)27-24-25(42(39,40)41)20-21-28(27)35-30/h7,9-10,12-13,15-18,20-21,24H,5-6,8,11,14,19,22-23H2,1-4H3,(H2,37,38,39,40,41)/p+1. The highest BCUT2D eigenvalue weighted by Gasteiger charge is 2.43. The Morgan fingerprint density at radius 1 is 0.976 bits per heavy atom. The molecule has 7 nitrogen and oxygen atoms in total. The summed E-state index contributed by atoms with van der Waals surface area (Å²) in [5, 5.41) is 12.4. The Morgan fingerprint density at radius 2 is 1.74 bits per heavy atom. The number of hydrogen-bond acceptors (Lipinski definition) is 4. The second kappa shape index (κ2) is 12.8. The van der Waals surface area contributed by atoms with Gasteiger partial charge in [-0.3, -0.25) is 9.35 Å². The van der Waals surface area contributed by atoms with E-state index in [9.17, 15) is 17.8 Å². The number of carboxylic acids is 1. The quantitative estimate of drug-likeness (QED) is 0.0962. The van der Waals surface area contributed by atoms with Crippen molar-refractivity contribution in [1.82, 2.24) is 0 Å². The van der Waals surface area contributed by atoms with E-state index in [0.717, 1.165) is 49.2 Å². The van der Waals surface area contributed by atoms with Gasteiger partial charge in [0.1, 0.15) is 6.54 Å². The van der Waals surface area contributed by atoms with Crippen LogP contribution in [0.5, 0.6) is 0 Å². The second-order valence-corrected chi connectivity index (χ2v) is 13.4. The van der Waals surface area contributed by atoms with Crippen molar-refractivity contribution in [2.24, 2.45) is 0 Å². The molecule has 2 aliphatic rings. The van der Waals surface area contributed by atoms with Crippen molar-refractivity contribution in [3.05, 3.63) is 89.7 Å². The van der Waals surface area contributed by atoms with Crippen LogP contribution < -0.4 is 5.32 Å². The first kappa shape index (κ1) is 31.4. The number of unbranched alkanes of at least 4 members (excludes halogenated alkanes) is 3. The van der Waals surface area contributed by atoms with Gasteiger partial charge in [0, 0.05) is 47.3 Å². The van der Waals surface area contributed by atoms with Crippen LogP contribution in [0.25, 0.3) is 0 Å². The first-order chi connectivity index (χ1) is 19.9. The molecule has 0 amide bonds. The lowest BCUT2D eigenvalue weighted by molar-refractivity contribution is -0.438. The minimum Gasteiger partial charge on any atom is -0.481 e. The largest absolute Gasteiger partial charge is 0.481 e. The number of allylic oxidation sites excluding steroid dienone is 6. The highest BCUT2D eigenvalue weighted by Crippen LogP contribution is 2.47. The molecule has 0 saturated heterocycles. The summed E-state index contributed by atoms with van der Waals surface area (Å²) in [6.45, 7) is 9.79. The number of rotatable bonds is 13. The molecule has 4 rings (SSSR count). The van der Waals surface area contributed by atoms with Gasteiger partial charge in [0.25, 0.3) is 10.1 Å². The van der Waals surface area contributed by atoms with Crippen molar-refractivity contribution >= 4 is 33.2 Å². The molecule has 2 aliphatic heterocycles. The maximum Gasteiger partial charge on any atom is 0.303 e. The first-order valence-corrected chi connectivity index (χ1v) is 16.2. The van der Waals surface area contributed by atoms with E-state index in [2.05, 4.69) is 74.0 Å². The van der Waals surface area contributed by atoms with Crippen LogP contribution in [-0.4, -0.2) is 40.9 Å². The van der Waals surface area contributed by atoms with E-state index in [1.54, 1.807) is 12.1 Å². The van der Waals surface area contributed by atoms with Crippen LogP contribution in [-0.2, 0) is 25.7 Å². The van der Waals surface area contributed by atoms with Crippen LogP contribution in [0, 0.1) is 0 Å². The number of anilines is 1. The molecular formula is C34H43N2O5S+. The Kier molecular flexibility index (Phi) is 9.58. The fourth-order valence-electron chi connectivity index (χ4n) is 6.16. The minimum atomic E-state index is -4.35. The number of fused-ring (bicyclic) bond motifs is 2. The summed E-state index contributed by atoms with van der Waals surface area (Å²) in [4.78, 5) is 10.8. The van der Waals surface area contributed by atoms with Gasteiger partial charge in [-0.1, -0.05) is 62.6 Å². The minimum absolute atomic E-state index is 0.105. The van der Waals surface area contributed by atoms with Crippen molar-refractivity contribution in [3.63, 3.8) is 0 Å². The third-order valence-electron chi connectivity index (χ3n) is 8.59. The molecule has 3 N–H and O–H groups in total. The molecule has 0 aliphatic carbocycles. The van der Waals surface area contributed by atoms with E-state index in [1.807, 2.05) is 18.2 Å². The molecule has 224 valence electrons. The molecule has 8 heteroatoms. The Labute approximate surface area is 250 Å². The molecule has 2 aromatic rings. The lowest BCUT2D eigenvalue weighted by atomic mass is 9.77. The van der Waals surface area contributed by atoms with Gasteiger partial charge in [-0.15, -0.1) is 0 Å². The molecular weight excluding hydrogens is 548 g/mol. The summed E-state index contributed by atoms with van der Waals surface area (Å²) in [5.74, 6) is -0.804. The van der Waals surface area contributed by atoms with Crippen molar-refractivity contribution in [2.75, 3.05) is 11.9 Å². The maximum absolute atomic E-state index is 11.9. The Balaban J connectivity index is 1.59. The van der Waals surface area contributed by atoms with E-state index in [1.165, 1.54) is 23.0 Å². The van der Waals surface area contributed by atoms with Crippen LogP contribution in [0.15, 0.2) is 83.4 Å².